The highest BCUT2D eigenvalue weighted by atomic mass is 19.1. The van der Waals surface area contributed by atoms with Crippen LogP contribution in [0.3, 0.4) is 0 Å². The fourth-order valence-corrected chi connectivity index (χ4v) is 2.02. The van der Waals surface area contributed by atoms with E-state index in [9.17, 15) is 9.18 Å². The lowest BCUT2D eigenvalue weighted by atomic mass is 10.0. The molecule has 106 valence electrons. The highest BCUT2D eigenvalue weighted by Gasteiger charge is 2.22. The van der Waals surface area contributed by atoms with Crippen LogP contribution in [0.4, 0.5) is 4.39 Å². The first-order valence-electron chi connectivity index (χ1n) is 6.59. The Hall–Kier alpha value is -1.42. The lowest BCUT2D eigenvalue weighted by Crippen LogP contribution is -2.34. The fourth-order valence-electron chi connectivity index (χ4n) is 2.02. The molecule has 0 aromatic heterocycles. The van der Waals surface area contributed by atoms with Crippen LogP contribution in [0.25, 0.3) is 0 Å². The zero-order valence-corrected chi connectivity index (χ0v) is 12.0. The molecule has 0 spiro atoms. The van der Waals surface area contributed by atoms with E-state index in [4.69, 9.17) is 4.74 Å². The average molecular weight is 267 g/mol. The fraction of sp³-hybridized carbons (Fsp3) is 0.533. The molecule has 3 nitrogen and oxygen atoms in total. The smallest absolute Gasteiger partial charge is 0.307 e. The number of benzene rings is 1. The van der Waals surface area contributed by atoms with E-state index in [1.165, 1.54) is 6.07 Å². The molecule has 0 N–H and O–H groups in total. The van der Waals surface area contributed by atoms with Crippen LogP contribution in [0.15, 0.2) is 24.3 Å². The number of nitrogens with zero attached hydrogens (tertiary/aromatic N) is 1. The van der Waals surface area contributed by atoms with E-state index in [0.717, 1.165) is 0 Å². The molecule has 2 atom stereocenters. The molecule has 0 saturated carbocycles. The first-order valence-corrected chi connectivity index (χ1v) is 6.59. The maximum atomic E-state index is 13.7. The average Bonchev–Trinajstić information content (AvgIpc) is 2.37. The van der Waals surface area contributed by atoms with Crippen molar-refractivity contribution in [1.82, 2.24) is 4.90 Å². The maximum Gasteiger partial charge on any atom is 0.307 e. The summed E-state index contributed by atoms with van der Waals surface area (Å²) in [5.74, 6) is -0.437. The third kappa shape index (κ3) is 4.31. The monoisotopic (exact) mass is 267 g/mol. The molecule has 19 heavy (non-hydrogen) atoms. The largest absolute Gasteiger partial charge is 0.466 e. The first-order chi connectivity index (χ1) is 8.97. The van der Waals surface area contributed by atoms with Gasteiger partial charge in [-0.1, -0.05) is 18.2 Å². The van der Waals surface area contributed by atoms with E-state index in [0.29, 0.717) is 18.6 Å². The van der Waals surface area contributed by atoms with Gasteiger partial charge in [-0.15, -0.1) is 0 Å². The van der Waals surface area contributed by atoms with Crippen molar-refractivity contribution in [3.8, 4) is 0 Å². The number of rotatable bonds is 6. The van der Waals surface area contributed by atoms with E-state index in [2.05, 4.69) is 0 Å². The van der Waals surface area contributed by atoms with Gasteiger partial charge >= 0.3 is 5.97 Å². The number of ether oxygens (including phenoxy) is 1. The Morgan fingerprint density at radius 1 is 1.37 bits per heavy atom. The standard InChI is InChI=1S/C15H22FNO2/c1-5-19-15(18)10-11(2)17(4)12(3)13-8-6-7-9-14(13)16/h6-9,11-12H,5,10H2,1-4H3. The molecule has 1 rings (SSSR count). The van der Waals surface area contributed by atoms with E-state index < -0.39 is 0 Å². The van der Waals surface area contributed by atoms with Gasteiger partial charge in [0.2, 0.25) is 0 Å². The van der Waals surface area contributed by atoms with Crippen molar-refractivity contribution in [3.05, 3.63) is 35.6 Å². The van der Waals surface area contributed by atoms with Crippen molar-refractivity contribution in [2.45, 2.75) is 39.3 Å². The predicted molar refractivity (Wildman–Crippen MR) is 73.3 cm³/mol. The summed E-state index contributed by atoms with van der Waals surface area (Å²) in [6.45, 7) is 6.04. The Balaban J connectivity index is 2.69. The van der Waals surface area contributed by atoms with Crippen LogP contribution in [-0.2, 0) is 9.53 Å². The van der Waals surface area contributed by atoms with Gasteiger partial charge in [-0.3, -0.25) is 9.69 Å². The first kappa shape index (κ1) is 15.6. The molecule has 0 saturated heterocycles. The molecule has 0 heterocycles. The molecule has 0 amide bonds. The van der Waals surface area contributed by atoms with E-state index in [-0.39, 0.29) is 23.9 Å². The zero-order valence-electron chi connectivity index (χ0n) is 12.0. The Kier molecular flexibility index (Phi) is 5.96. The second kappa shape index (κ2) is 7.24. The predicted octanol–water partition coefficient (Wildman–Crippen LogP) is 3.16. The van der Waals surface area contributed by atoms with Gasteiger partial charge in [-0.25, -0.2) is 4.39 Å². The molecular weight excluding hydrogens is 245 g/mol. The Morgan fingerprint density at radius 3 is 2.58 bits per heavy atom. The Labute approximate surface area is 114 Å². The van der Waals surface area contributed by atoms with Crippen LogP contribution in [0, 0.1) is 5.82 Å². The molecule has 0 aliphatic heterocycles. The molecule has 0 aliphatic rings. The summed E-state index contributed by atoms with van der Waals surface area (Å²) in [5, 5.41) is 0. The lowest BCUT2D eigenvalue weighted by Gasteiger charge is -2.30. The van der Waals surface area contributed by atoms with Gasteiger partial charge in [0.05, 0.1) is 13.0 Å². The highest BCUT2D eigenvalue weighted by molar-refractivity contribution is 5.70. The van der Waals surface area contributed by atoms with Gasteiger partial charge in [0.15, 0.2) is 0 Å². The van der Waals surface area contributed by atoms with Crippen molar-refractivity contribution < 1.29 is 13.9 Å². The molecule has 0 bridgehead atoms. The van der Waals surface area contributed by atoms with Crippen LogP contribution in [0.2, 0.25) is 0 Å². The quantitative estimate of drug-likeness (QED) is 0.741. The number of carbonyl (C=O) groups is 1. The van der Waals surface area contributed by atoms with E-state index in [1.54, 1.807) is 19.1 Å². The third-order valence-corrected chi connectivity index (χ3v) is 3.43. The summed E-state index contributed by atoms with van der Waals surface area (Å²) in [7, 11) is 1.89. The molecule has 1 aromatic rings. The van der Waals surface area contributed by atoms with E-state index in [1.807, 2.05) is 31.9 Å². The Morgan fingerprint density at radius 2 is 2.00 bits per heavy atom. The molecule has 4 heteroatoms. The second-order valence-corrected chi connectivity index (χ2v) is 4.72. The minimum Gasteiger partial charge on any atom is -0.466 e. The lowest BCUT2D eigenvalue weighted by molar-refractivity contribution is -0.144. The van der Waals surface area contributed by atoms with Crippen LogP contribution in [0.1, 0.15) is 38.8 Å². The van der Waals surface area contributed by atoms with Crippen molar-refractivity contribution in [1.29, 1.82) is 0 Å². The molecule has 0 radical (unpaired) electrons. The van der Waals surface area contributed by atoms with E-state index >= 15 is 0 Å². The molecule has 2 unspecified atom stereocenters. The van der Waals surface area contributed by atoms with Crippen LogP contribution < -0.4 is 0 Å². The van der Waals surface area contributed by atoms with Crippen molar-refractivity contribution in [2.24, 2.45) is 0 Å². The molecular formula is C15H22FNO2. The van der Waals surface area contributed by atoms with Crippen LogP contribution in [-0.4, -0.2) is 30.6 Å². The van der Waals surface area contributed by atoms with Gasteiger partial charge in [0.25, 0.3) is 0 Å². The van der Waals surface area contributed by atoms with Gasteiger partial charge in [-0.05, 0) is 33.9 Å². The normalized spacial score (nSPS) is 14.2. The van der Waals surface area contributed by atoms with Crippen LogP contribution >= 0.6 is 0 Å². The number of hydrogen-bond donors (Lipinski definition) is 0. The SMILES string of the molecule is CCOC(=O)CC(C)N(C)C(C)c1ccccc1F. The molecule has 1 aromatic carbocycles. The van der Waals surface area contributed by atoms with Gasteiger partial charge in [-0.2, -0.15) is 0 Å². The second-order valence-electron chi connectivity index (χ2n) is 4.72. The summed E-state index contributed by atoms with van der Waals surface area (Å²) in [6.07, 6.45) is 0.309. The summed E-state index contributed by atoms with van der Waals surface area (Å²) in [5.41, 5.74) is 0.640. The third-order valence-electron chi connectivity index (χ3n) is 3.43. The maximum absolute atomic E-state index is 13.7. The van der Waals surface area contributed by atoms with Crippen molar-refractivity contribution >= 4 is 5.97 Å². The molecule has 0 fully saturated rings. The topological polar surface area (TPSA) is 29.5 Å². The van der Waals surface area contributed by atoms with Gasteiger partial charge in [0, 0.05) is 17.6 Å². The number of carbonyl (C=O) groups excluding carboxylic acids is 1. The summed E-state index contributed by atoms with van der Waals surface area (Å²) < 4.78 is 18.7. The summed E-state index contributed by atoms with van der Waals surface area (Å²) in [6, 6.07) is 6.62. The number of hydrogen-bond acceptors (Lipinski definition) is 3. The van der Waals surface area contributed by atoms with Gasteiger partial charge in [0.1, 0.15) is 5.82 Å². The number of halogens is 1. The molecule has 0 aliphatic carbocycles. The Bertz CT molecular complexity index is 422. The van der Waals surface area contributed by atoms with Crippen molar-refractivity contribution in [3.63, 3.8) is 0 Å². The minimum atomic E-state index is -0.220. The zero-order chi connectivity index (χ0) is 14.4. The number of esters is 1. The van der Waals surface area contributed by atoms with Crippen molar-refractivity contribution in [2.75, 3.05) is 13.7 Å². The van der Waals surface area contributed by atoms with Crippen LogP contribution in [0.5, 0.6) is 0 Å². The minimum absolute atomic E-state index is 0.00587. The van der Waals surface area contributed by atoms with Gasteiger partial charge < -0.3 is 4.74 Å². The highest BCUT2D eigenvalue weighted by Crippen LogP contribution is 2.24. The summed E-state index contributed by atoms with van der Waals surface area (Å²) in [4.78, 5) is 13.4. The summed E-state index contributed by atoms with van der Waals surface area (Å²) >= 11 is 0.